The highest BCUT2D eigenvalue weighted by Crippen LogP contribution is 2.12. The Morgan fingerprint density at radius 2 is 1.36 bits per heavy atom. The molecule has 0 aliphatic rings. The summed E-state index contributed by atoms with van der Waals surface area (Å²) in [5.41, 5.74) is 3.17. The van der Waals surface area contributed by atoms with Gasteiger partial charge in [-0.1, -0.05) is 72.8 Å². The maximum Gasteiger partial charge on any atom is 0.249 e. The van der Waals surface area contributed by atoms with Gasteiger partial charge in [0, 0.05) is 6.54 Å². The maximum atomic E-state index is 12.2. The van der Waals surface area contributed by atoms with Gasteiger partial charge in [-0.05, 0) is 35.7 Å². The van der Waals surface area contributed by atoms with E-state index in [1.807, 2.05) is 84.9 Å². The molecule has 0 spiro atoms. The minimum Gasteiger partial charge on any atom is -0.489 e. The van der Waals surface area contributed by atoms with Gasteiger partial charge in [0.15, 0.2) is 0 Å². The molecule has 0 radical (unpaired) electrons. The Morgan fingerprint density at radius 3 is 2.04 bits per heavy atom. The molecule has 0 aromatic heterocycles. The molecule has 1 unspecified atom stereocenters. The molecule has 0 saturated carbocycles. The van der Waals surface area contributed by atoms with Crippen molar-refractivity contribution in [3.63, 3.8) is 0 Å². The number of hydrogen-bond donors (Lipinski definition) is 1. The molecular weight excluding hydrogens is 350 g/mol. The van der Waals surface area contributed by atoms with Crippen LogP contribution >= 0.6 is 0 Å². The fraction of sp³-hybridized carbons (Fsp3) is 0.208. The molecule has 0 aliphatic heterocycles. The zero-order chi connectivity index (χ0) is 19.6. The predicted molar refractivity (Wildman–Crippen MR) is 110 cm³/mol. The molecule has 144 valence electrons. The van der Waals surface area contributed by atoms with E-state index in [1.165, 1.54) is 0 Å². The minimum absolute atomic E-state index is 0.118. The van der Waals surface area contributed by atoms with Gasteiger partial charge in [-0.15, -0.1) is 0 Å². The number of carbonyl (C=O) groups is 1. The van der Waals surface area contributed by atoms with E-state index in [1.54, 1.807) is 6.92 Å². The molecule has 0 heterocycles. The normalized spacial score (nSPS) is 11.6. The van der Waals surface area contributed by atoms with Gasteiger partial charge in [0.2, 0.25) is 5.91 Å². The molecule has 3 aromatic carbocycles. The van der Waals surface area contributed by atoms with Gasteiger partial charge in [0.1, 0.15) is 18.5 Å². The summed E-state index contributed by atoms with van der Waals surface area (Å²) in [4.78, 5) is 12.2. The largest absolute Gasteiger partial charge is 0.489 e. The van der Waals surface area contributed by atoms with E-state index < -0.39 is 6.10 Å². The molecule has 3 rings (SSSR count). The van der Waals surface area contributed by atoms with E-state index in [2.05, 4.69) is 5.32 Å². The summed E-state index contributed by atoms with van der Waals surface area (Å²) in [5, 5.41) is 2.92. The summed E-state index contributed by atoms with van der Waals surface area (Å²) in [6.45, 7) is 3.17. The molecule has 0 bridgehead atoms. The van der Waals surface area contributed by atoms with Crippen LogP contribution in [0.3, 0.4) is 0 Å². The third-order valence-electron chi connectivity index (χ3n) is 4.35. The average molecular weight is 375 g/mol. The van der Waals surface area contributed by atoms with Crippen LogP contribution in [-0.4, -0.2) is 12.0 Å². The fourth-order valence-corrected chi connectivity index (χ4v) is 2.64. The van der Waals surface area contributed by atoms with Gasteiger partial charge in [-0.3, -0.25) is 4.79 Å². The van der Waals surface area contributed by atoms with Crippen molar-refractivity contribution < 1.29 is 14.3 Å². The van der Waals surface area contributed by atoms with Crippen LogP contribution in [0.25, 0.3) is 0 Å². The number of benzene rings is 3. The molecule has 3 aromatic rings. The summed E-state index contributed by atoms with van der Waals surface area (Å²) in [6, 6.07) is 27.6. The number of para-hydroxylation sites is 1. The lowest BCUT2D eigenvalue weighted by Gasteiger charge is -2.14. The first-order valence-corrected chi connectivity index (χ1v) is 9.39. The Kier molecular flexibility index (Phi) is 7.21. The second-order valence-electron chi connectivity index (χ2n) is 6.57. The zero-order valence-electron chi connectivity index (χ0n) is 16.0. The van der Waals surface area contributed by atoms with Crippen LogP contribution in [-0.2, 0) is 29.3 Å². The van der Waals surface area contributed by atoms with Gasteiger partial charge in [0.25, 0.3) is 0 Å². The Hall–Kier alpha value is -3.11. The standard InChI is InChI=1S/C24H25NO3/c1-19(27-17-21-8-4-2-5-9-21)24(26)25-16-20-12-14-22(15-13-20)18-28-23-10-6-3-7-11-23/h2-15,19H,16-18H2,1H3,(H,25,26). The SMILES string of the molecule is CC(OCc1ccccc1)C(=O)NCc1ccc(COc2ccccc2)cc1. The second kappa shape index (κ2) is 10.3. The Labute approximate surface area is 166 Å². The quantitative estimate of drug-likeness (QED) is 0.600. The van der Waals surface area contributed by atoms with Crippen molar-refractivity contribution >= 4 is 5.91 Å². The van der Waals surface area contributed by atoms with Crippen LogP contribution in [0.1, 0.15) is 23.6 Å². The van der Waals surface area contributed by atoms with E-state index in [9.17, 15) is 4.79 Å². The molecule has 4 heteroatoms. The van der Waals surface area contributed by atoms with E-state index in [-0.39, 0.29) is 5.91 Å². The van der Waals surface area contributed by atoms with Crippen molar-refractivity contribution in [1.29, 1.82) is 0 Å². The second-order valence-corrected chi connectivity index (χ2v) is 6.57. The van der Waals surface area contributed by atoms with E-state index in [4.69, 9.17) is 9.47 Å². The van der Waals surface area contributed by atoms with Crippen molar-refractivity contribution in [2.45, 2.75) is 32.8 Å². The number of hydrogen-bond acceptors (Lipinski definition) is 3. The maximum absolute atomic E-state index is 12.2. The van der Waals surface area contributed by atoms with Gasteiger partial charge in [-0.2, -0.15) is 0 Å². The van der Waals surface area contributed by atoms with Gasteiger partial charge in [0.05, 0.1) is 6.61 Å². The first kappa shape index (κ1) is 19.6. The number of carbonyl (C=O) groups excluding carboxylic acids is 1. The number of ether oxygens (including phenoxy) is 2. The van der Waals surface area contributed by atoms with E-state index in [0.29, 0.717) is 19.8 Å². The van der Waals surface area contributed by atoms with Crippen molar-refractivity contribution in [2.24, 2.45) is 0 Å². The minimum atomic E-state index is -0.501. The molecule has 0 saturated heterocycles. The topological polar surface area (TPSA) is 47.6 Å². The summed E-state index contributed by atoms with van der Waals surface area (Å²) < 4.78 is 11.4. The molecule has 0 fully saturated rings. The Bertz CT molecular complexity index is 848. The predicted octanol–water partition coefficient (Wildman–Crippen LogP) is 4.49. The Balaban J connectivity index is 1.40. The van der Waals surface area contributed by atoms with Crippen LogP contribution in [0.2, 0.25) is 0 Å². The molecular formula is C24H25NO3. The number of amides is 1. The zero-order valence-corrected chi connectivity index (χ0v) is 16.0. The molecule has 1 N–H and O–H groups in total. The molecule has 4 nitrogen and oxygen atoms in total. The van der Waals surface area contributed by atoms with E-state index in [0.717, 1.165) is 22.4 Å². The van der Waals surface area contributed by atoms with Crippen molar-refractivity contribution in [2.75, 3.05) is 0 Å². The van der Waals surface area contributed by atoms with Crippen LogP contribution in [0.5, 0.6) is 5.75 Å². The third kappa shape index (κ3) is 6.25. The van der Waals surface area contributed by atoms with Crippen molar-refractivity contribution in [1.82, 2.24) is 5.32 Å². The van der Waals surface area contributed by atoms with Crippen molar-refractivity contribution in [3.8, 4) is 5.75 Å². The molecule has 28 heavy (non-hydrogen) atoms. The van der Waals surface area contributed by atoms with E-state index >= 15 is 0 Å². The highest BCUT2D eigenvalue weighted by atomic mass is 16.5. The Morgan fingerprint density at radius 1 is 0.786 bits per heavy atom. The summed E-state index contributed by atoms with van der Waals surface area (Å²) in [6.07, 6.45) is -0.501. The molecule has 0 aliphatic carbocycles. The first-order valence-electron chi connectivity index (χ1n) is 9.39. The lowest BCUT2D eigenvalue weighted by Crippen LogP contribution is -2.34. The van der Waals surface area contributed by atoms with Crippen molar-refractivity contribution in [3.05, 3.63) is 102 Å². The van der Waals surface area contributed by atoms with Crippen LogP contribution in [0.15, 0.2) is 84.9 Å². The van der Waals surface area contributed by atoms with Crippen LogP contribution in [0, 0.1) is 0 Å². The highest BCUT2D eigenvalue weighted by molar-refractivity contribution is 5.80. The highest BCUT2D eigenvalue weighted by Gasteiger charge is 2.13. The average Bonchev–Trinajstić information content (AvgIpc) is 2.76. The monoisotopic (exact) mass is 375 g/mol. The summed E-state index contributed by atoms with van der Waals surface area (Å²) in [7, 11) is 0. The smallest absolute Gasteiger partial charge is 0.249 e. The molecule has 1 atom stereocenters. The first-order chi connectivity index (χ1) is 13.7. The van der Waals surface area contributed by atoms with Gasteiger partial charge >= 0.3 is 0 Å². The fourth-order valence-electron chi connectivity index (χ4n) is 2.64. The van der Waals surface area contributed by atoms with Crippen LogP contribution in [0.4, 0.5) is 0 Å². The lowest BCUT2D eigenvalue weighted by atomic mass is 10.1. The third-order valence-corrected chi connectivity index (χ3v) is 4.35. The van der Waals surface area contributed by atoms with Crippen LogP contribution < -0.4 is 10.1 Å². The summed E-state index contributed by atoms with van der Waals surface area (Å²) in [5.74, 6) is 0.732. The molecule has 1 amide bonds. The summed E-state index contributed by atoms with van der Waals surface area (Å²) >= 11 is 0. The number of nitrogens with one attached hydrogen (secondary N) is 1. The lowest BCUT2D eigenvalue weighted by molar-refractivity contribution is -0.132. The van der Waals surface area contributed by atoms with Gasteiger partial charge < -0.3 is 14.8 Å². The number of rotatable bonds is 9. The van der Waals surface area contributed by atoms with Gasteiger partial charge in [-0.25, -0.2) is 0 Å².